The van der Waals surface area contributed by atoms with Gasteiger partial charge in [0.2, 0.25) is 0 Å². The van der Waals surface area contributed by atoms with E-state index in [1.165, 1.54) is 16.9 Å². The molecule has 0 bridgehead atoms. The van der Waals surface area contributed by atoms with Gasteiger partial charge < -0.3 is 4.74 Å². The maximum atomic E-state index is 11.6. The largest absolute Gasteiger partial charge is 0.465 e. The van der Waals surface area contributed by atoms with Crippen LogP contribution in [0.4, 0.5) is 0 Å². The maximum Gasteiger partial charge on any atom is 0.311 e. The number of aromatic amines is 1. The van der Waals surface area contributed by atoms with Crippen LogP contribution in [0.15, 0.2) is 17.2 Å². The molecule has 0 unspecified atom stereocenters. The minimum absolute atomic E-state index is 0.0153. The van der Waals surface area contributed by atoms with Gasteiger partial charge >= 0.3 is 5.97 Å². The first kappa shape index (κ1) is 11.3. The van der Waals surface area contributed by atoms with E-state index in [4.69, 9.17) is 4.74 Å². The molecule has 0 aromatic carbocycles. The van der Waals surface area contributed by atoms with E-state index in [2.05, 4.69) is 15.1 Å². The van der Waals surface area contributed by atoms with E-state index in [1.807, 2.05) is 6.92 Å². The number of hydrogen-bond acceptors (Lipinski definition) is 5. The third-order valence-electron chi connectivity index (χ3n) is 2.11. The number of rotatable bonds is 4. The molecule has 7 nitrogen and oxygen atoms in total. The van der Waals surface area contributed by atoms with E-state index >= 15 is 0 Å². The number of ether oxygens (including phenoxy) is 1. The number of fused-ring (bicyclic) bond motifs is 1. The molecule has 0 spiro atoms. The lowest BCUT2D eigenvalue weighted by molar-refractivity contribution is -0.142. The predicted octanol–water partition coefficient (Wildman–Crippen LogP) is -0.0867. The Morgan fingerprint density at radius 3 is 3.18 bits per heavy atom. The minimum Gasteiger partial charge on any atom is -0.465 e. The summed E-state index contributed by atoms with van der Waals surface area (Å²) in [4.78, 5) is 30.8. The Bertz CT molecular complexity index is 586. The van der Waals surface area contributed by atoms with Crippen molar-refractivity contribution in [3.8, 4) is 0 Å². The first-order chi connectivity index (χ1) is 8.20. The van der Waals surface area contributed by atoms with Crippen molar-refractivity contribution < 1.29 is 9.53 Å². The number of aromatic nitrogens is 4. The summed E-state index contributed by atoms with van der Waals surface area (Å²) in [5.41, 5.74) is 0.0639. The molecular weight excluding hydrogens is 224 g/mol. The summed E-state index contributed by atoms with van der Waals surface area (Å²) in [5, 5.41) is 2.62. The van der Waals surface area contributed by atoms with Gasteiger partial charge in [-0.25, -0.2) is 9.97 Å². The summed E-state index contributed by atoms with van der Waals surface area (Å²) >= 11 is 0. The molecule has 0 aliphatic rings. The number of hydrogen-bond donors (Lipinski definition) is 1. The quantitative estimate of drug-likeness (QED) is 0.749. The molecule has 90 valence electrons. The lowest BCUT2D eigenvalue weighted by Crippen LogP contribution is -2.18. The van der Waals surface area contributed by atoms with Crippen LogP contribution in [0.5, 0.6) is 0 Å². The third-order valence-corrected chi connectivity index (χ3v) is 2.11. The number of nitrogens with zero attached hydrogens (tertiary/aromatic N) is 3. The van der Waals surface area contributed by atoms with Gasteiger partial charge in [-0.3, -0.25) is 14.7 Å². The molecular formula is C10H12N4O3. The minimum atomic E-state index is -0.390. The number of carbonyl (C=O) groups is 1. The van der Waals surface area contributed by atoms with Crippen LogP contribution in [0.2, 0.25) is 0 Å². The molecule has 0 saturated carbocycles. The smallest absolute Gasteiger partial charge is 0.311 e. The SMILES string of the molecule is CCCOC(=O)Cc1cc(=O)n2[nH]cnc2n1. The molecule has 0 fully saturated rings. The van der Waals surface area contributed by atoms with Gasteiger partial charge in [0.05, 0.1) is 18.7 Å². The summed E-state index contributed by atoms with van der Waals surface area (Å²) in [6.45, 7) is 2.29. The molecule has 0 aliphatic heterocycles. The van der Waals surface area contributed by atoms with Crippen molar-refractivity contribution in [2.75, 3.05) is 6.61 Å². The van der Waals surface area contributed by atoms with Gasteiger partial charge in [-0.1, -0.05) is 6.92 Å². The Morgan fingerprint density at radius 2 is 2.41 bits per heavy atom. The lowest BCUT2D eigenvalue weighted by atomic mass is 10.3. The van der Waals surface area contributed by atoms with E-state index in [9.17, 15) is 9.59 Å². The highest BCUT2D eigenvalue weighted by molar-refractivity contribution is 5.72. The molecule has 2 aromatic rings. The highest BCUT2D eigenvalue weighted by Crippen LogP contribution is 1.97. The fraction of sp³-hybridized carbons (Fsp3) is 0.400. The van der Waals surface area contributed by atoms with Crippen LogP contribution in [0.3, 0.4) is 0 Å². The monoisotopic (exact) mass is 236 g/mol. The molecule has 0 saturated heterocycles. The number of H-pyrrole nitrogens is 1. The highest BCUT2D eigenvalue weighted by Gasteiger charge is 2.09. The van der Waals surface area contributed by atoms with Gasteiger partial charge in [-0.05, 0) is 6.42 Å². The molecule has 7 heteroatoms. The molecule has 2 heterocycles. The average Bonchev–Trinajstić information content (AvgIpc) is 2.75. The summed E-state index contributed by atoms with van der Waals surface area (Å²) < 4.78 is 6.11. The maximum absolute atomic E-state index is 11.6. The van der Waals surface area contributed by atoms with Crippen molar-refractivity contribution in [2.45, 2.75) is 19.8 Å². The highest BCUT2D eigenvalue weighted by atomic mass is 16.5. The molecule has 2 rings (SSSR count). The van der Waals surface area contributed by atoms with Gasteiger partial charge in [0.25, 0.3) is 11.3 Å². The number of carbonyl (C=O) groups excluding carboxylic acids is 1. The van der Waals surface area contributed by atoms with Crippen molar-refractivity contribution in [3.05, 3.63) is 28.4 Å². The molecule has 2 aromatic heterocycles. The fourth-order valence-electron chi connectivity index (χ4n) is 1.37. The van der Waals surface area contributed by atoms with Crippen LogP contribution in [-0.2, 0) is 16.0 Å². The van der Waals surface area contributed by atoms with Crippen molar-refractivity contribution in [1.82, 2.24) is 19.6 Å². The molecule has 0 aliphatic carbocycles. The summed E-state index contributed by atoms with van der Waals surface area (Å²) in [6.07, 6.45) is 2.11. The van der Waals surface area contributed by atoms with Gasteiger partial charge in [0, 0.05) is 6.07 Å². The second-order valence-corrected chi connectivity index (χ2v) is 3.51. The molecule has 17 heavy (non-hydrogen) atoms. The van der Waals surface area contributed by atoms with Gasteiger partial charge in [-0.15, -0.1) is 0 Å². The lowest BCUT2D eigenvalue weighted by Gasteiger charge is -2.02. The Balaban J connectivity index is 2.19. The molecule has 0 amide bonds. The first-order valence-corrected chi connectivity index (χ1v) is 5.28. The van der Waals surface area contributed by atoms with Crippen LogP contribution in [0.25, 0.3) is 5.78 Å². The second kappa shape index (κ2) is 4.77. The zero-order valence-corrected chi connectivity index (χ0v) is 9.34. The van der Waals surface area contributed by atoms with Crippen LogP contribution < -0.4 is 5.56 Å². The number of nitrogens with one attached hydrogen (secondary N) is 1. The normalized spacial score (nSPS) is 10.6. The predicted molar refractivity (Wildman–Crippen MR) is 58.6 cm³/mol. The Kier molecular flexibility index (Phi) is 3.17. The van der Waals surface area contributed by atoms with E-state index in [-0.39, 0.29) is 17.8 Å². The van der Waals surface area contributed by atoms with Crippen LogP contribution in [0.1, 0.15) is 19.0 Å². The van der Waals surface area contributed by atoms with Gasteiger partial charge in [0.1, 0.15) is 6.33 Å². The molecule has 1 N–H and O–H groups in total. The summed E-state index contributed by atoms with van der Waals surface area (Å²) in [6, 6.07) is 1.29. The Hall–Kier alpha value is -2.18. The van der Waals surface area contributed by atoms with Crippen LogP contribution >= 0.6 is 0 Å². The Morgan fingerprint density at radius 1 is 1.59 bits per heavy atom. The first-order valence-electron chi connectivity index (χ1n) is 5.28. The van der Waals surface area contributed by atoms with Crippen molar-refractivity contribution in [3.63, 3.8) is 0 Å². The van der Waals surface area contributed by atoms with E-state index < -0.39 is 5.97 Å². The summed E-state index contributed by atoms with van der Waals surface area (Å²) in [5.74, 6) is -0.144. The van der Waals surface area contributed by atoms with E-state index in [0.717, 1.165) is 6.42 Å². The Labute approximate surface area is 96.4 Å². The molecule has 0 atom stereocenters. The zero-order valence-electron chi connectivity index (χ0n) is 9.34. The van der Waals surface area contributed by atoms with E-state index in [0.29, 0.717) is 12.3 Å². The van der Waals surface area contributed by atoms with Gasteiger partial charge in [-0.2, -0.15) is 4.52 Å². The van der Waals surface area contributed by atoms with Crippen molar-refractivity contribution in [1.29, 1.82) is 0 Å². The van der Waals surface area contributed by atoms with Crippen LogP contribution in [0, 0.1) is 0 Å². The second-order valence-electron chi connectivity index (χ2n) is 3.51. The fourth-order valence-corrected chi connectivity index (χ4v) is 1.37. The summed E-state index contributed by atoms with van der Waals surface area (Å²) in [7, 11) is 0. The standard InChI is InChI=1S/C10H12N4O3/c1-2-3-17-9(16)5-7-4-8(15)14-10(13-7)11-6-12-14/h4,6H,2-3,5H2,1H3,(H,11,12,13). The third kappa shape index (κ3) is 2.49. The van der Waals surface area contributed by atoms with E-state index in [1.54, 1.807) is 0 Å². The molecule has 0 radical (unpaired) electrons. The van der Waals surface area contributed by atoms with Crippen LogP contribution in [-0.4, -0.2) is 32.2 Å². The van der Waals surface area contributed by atoms with Crippen molar-refractivity contribution >= 4 is 11.7 Å². The number of esters is 1. The average molecular weight is 236 g/mol. The zero-order chi connectivity index (χ0) is 12.3. The topological polar surface area (TPSA) is 89.4 Å². The van der Waals surface area contributed by atoms with Crippen molar-refractivity contribution in [2.24, 2.45) is 0 Å². The van der Waals surface area contributed by atoms with Gasteiger partial charge in [0.15, 0.2) is 0 Å².